The van der Waals surface area contributed by atoms with Crippen molar-refractivity contribution in [1.29, 1.82) is 0 Å². The first-order chi connectivity index (χ1) is 11.0. The van der Waals surface area contributed by atoms with Gasteiger partial charge in [0, 0.05) is 51.0 Å². The van der Waals surface area contributed by atoms with Crippen LogP contribution in [0.4, 0.5) is 0 Å². The summed E-state index contributed by atoms with van der Waals surface area (Å²) in [5.74, 6) is 0.0309. The zero-order valence-corrected chi connectivity index (χ0v) is 14.3. The number of benzene rings is 1. The fourth-order valence-electron chi connectivity index (χ4n) is 2.96. The molecule has 2 rings (SSSR count). The van der Waals surface area contributed by atoms with Crippen molar-refractivity contribution in [2.45, 2.75) is 32.4 Å². The number of likely N-dealkylation sites (tertiary alicyclic amines) is 1. The highest BCUT2D eigenvalue weighted by Gasteiger charge is 2.31. The molecule has 1 saturated heterocycles. The molecule has 1 N–H and O–H groups in total. The van der Waals surface area contributed by atoms with Crippen LogP contribution in [0.5, 0.6) is 0 Å². The number of amides is 2. The van der Waals surface area contributed by atoms with Crippen molar-refractivity contribution < 1.29 is 14.3 Å². The largest absolute Gasteiger partial charge is 0.381 e. The predicted octanol–water partition coefficient (Wildman–Crippen LogP) is 2.23. The van der Waals surface area contributed by atoms with E-state index in [2.05, 4.69) is 5.32 Å². The summed E-state index contributed by atoms with van der Waals surface area (Å²) < 4.78 is 5.48. The summed E-state index contributed by atoms with van der Waals surface area (Å²) in [5, 5.41) is 3.56. The highest BCUT2D eigenvalue weighted by Crippen LogP contribution is 2.23. The average molecular weight is 339 g/mol. The number of hydrogen-bond donors (Lipinski definition) is 1. The van der Waals surface area contributed by atoms with Crippen LogP contribution in [-0.2, 0) is 20.9 Å². The fourth-order valence-corrected chi connectivity index (χ4v) is 3.17. The number of carbonyl (C=O) groups is 2. The Morgan fingerprint density at radius 1 is 1.43 bits per heavy atom. The summed E-state index contributed by atoms with van der Waals surface area (Å²) in [6.07, 6.45) is 1.13. The maximum Gasteiger partial charge on any atom is 0.220 e. The van der Waals surface area contributed by atoms with Crippen molar-refractivity contribution in [3.63, 3.8) is 0 Å². The lowest BCUT2D eigenvalue weighted by Crippen LogP contribution is -2.47. The topological polar surface area (TPSA) is 58.6 Å². The number of hydrogen-bond acceptors (Lipinski definition) is 3. The Kier molecular flexibility index (Phi) is 6.42. The molecule has 1 aromatic rings. The first-order valence-corrected chi connectivity index (χ1v) is 8.17. The minimum atomic E-state index is -0.0394. The van der Waals surface area contributed by atoms with Gasteiger partial charge in [0.25, 0.3) is 0 Å². The van der Waals surface area contributed by atoms with Gasteiger partial charge >= 0.3 is 0 Å². The Labute approximate surface area is 141 Å². The normalized spacial score (nSPS) is 21.1. The zero-order valence-electron chi connectivity index (χ0n) is 13.5. The molecule has 6 heteroatoms. The summed E-state index contributed by atoms with van der Waals surface area (Å²) in [6.45, 7) is 3.26. The minimum Gasteiger partial charge on any atom is -0.381 e. The van der Waals surface area contributed by atoms with E-state index in [-0.39, 0.29) is 23.8 Å². The molecule has 0 unspecified atom stereocenters. The van der Waals surface area contributed by atoms with E-state index in [1.165, 1.54) is 0 Å². The van der Waals surface area contributed by atoms with Crippen molar-refractivity contribution in [1.82, 2.24) is 10.2 Å². The molecule has 5 nitrogen and oxygen atoms in total. The van der Waals surface area contributed by atoms with Gasteiger partial charge in [0.05, 0.1) is 6.10 Å². The van der Waals surface area contributed by atoms with Crippen molar-refractivity contribution in [2.75, 3.05) is 20.2 Å². The smallest absolute Gasteiger partial charge is 0.220 e. The van der Waals surface area contributed by atoms with Crippen LogP contribution in [0, 0.1) is 5.92 Å². The highest BCUT2D eigenvalue weighted by molar-refractivity contribution is 6.30. The third kappa shape index (κ3) is 5.22. The van der Waals surface area contributed by atoms with Gasteiger partial charge in [-0.15, -0.1) is 0 Å². The fraction of sp³-hybridized carbons (Fsp3) is 0.529. The number of ether oxygens (including phenoxy) is 1. The molecule has 23 heavy (non-hydrogen) atoms. The molecular formula is C17H23ClN2O3. The SMILES string of the molecule is CO[C@@H]1CCN(C(C)=O)C[C@H]1CC(=O)NCc1cccc(Cl)c1. The molecule has 0 saturated carbocycles. The van der Waals surface area contributed by atoms with E-state index >= 15 is 0 Å². The van der Waals surface area contributed by atoms with Gasteiger partial charge in [-0.3, -0.25) is 9.59 Å². The second kappa shape index (κ2) is 8.31. The van der Waals surface area contributed by atoms with Crippen molar-refractivity contribution in [3.05, 3.63) is 34.9 Å². The van der Waals surface area contributed by atoms with Crippen molar-refractivity contribution >= 4 is 23.4 Å². The molecule has 0 radical (unpaired) electrons. The molecule has 0 aliphatic carbocycles. The molecule has 1 aliphatic rings. The van der Waals surface area contributed by atoms with Crippen LogP contribution in [0.2, 0.25) is 5.02 Å². The van der Waals surface area contributed by atoms with E-state index in [1.807, 2.05) is 18.2 Å². The van der Waals surface area contributed by atoms with E-state index in [0.717, 1.165) is 12.0 Å². The Morgan fingerprint density at radius 2 is 2.22 bits per heavy atom. The standard InChI is InChI=1S/C17H23ClN2O3/c1-12(21)20-7-6-16(23-2)14(11-20)9-17(22)19-10-13-4-3-5-15(18)8-13/h3-5,8,14,16H,6-7,9-11H2,1-2H3,(H,19,22)/t14-,16-/m1/s1. The summed E-state index contributed by atoms with van der Waals surface area (Å²) in [5.41, 5.74) is 0.961. The second-order valence-corrected chi connectivity index (χ2v) is 6.34. The number of methoxy groups -OCH3 is 1. The third-order valence-corrected chi connectivity index (χ3v) is 4.47. The Bertz CT molecular complexity index is 565. The minimum absolute atomic E-state index is 0.0162. The summed E-state index contributed by atoms with van der Waals surface area (Å²) in [4.78, 5) is 25.5. The molecule has 0 spiro atoms. The van der Waals surface area contributed by atoms with Gasteiger partial charge in [0.2, 0.25) is 11.8 Å². The van der Waals surface area contributed by atoms with Crippen LogP contribution < -0.4 is 5.32 Å². The van der Waals surface area contributed by atoms with E-state index < -0.39 is 0 Å². The van der Waals surface area contributed by atoms with Crippen LogP contribution in [-0.4, -0.2) is 43.0 Å². The van der Waals surface area contributed by atoms with Crippen LogP contribution in [0.1, 0.15) is 25.3 Å². The lowest BCUT2D eigenvalue weighted by Gasteiger charge is -2.37. The Balaban J connectivity index is 1.88. The van der Waals surface area contributed by atoms with Gasteiger partial charge in [0.1, 0.15) is 0 Å². The van der Waals surface area contributed by atoms with Gasteiger partial charge in [-0.05, 0) is 24.1 Å². The van der Waals surface area contributed by atoms with Crippen molar-refractivity contribution in [2.24, 2.45) is 5.92 Å². The van der Waals surface area contributed by atoms with Crippen LogP contribution >= 0.6 is 11.6 Å². The number of nitrogens with one attached hydrogen (secondary N) is 1. The van der Waals surface area contributed by atoms with E-state index in [4.69, 9.17) is 16.3 Å². The van der Waals surface area contributed by atoms with E-state index in [1.54, 1.807) is 25.0 Å². The van der Waals surface area contributed by atoms with Gasteiger partial charge in [-0.1, -0.05) is 23.7 Å². The summed E-state index contributed by atoms with van der Waals surface area (Å²) >= 11 is 5.93. The van der Waals surface area contributed by atoms with E-state index in [9.17, 15) is 9.59 Å². The molecular weight excluding hydrogens is 316 g/mol. The molecule has 2 amide bonds. The number of halogens is 1. The zero-order chi connectivity index (χ0) is 16.8. The monoisotopic (exact) mass is 338 g/mol. The van der Waals surface area contributed by atoms with Gasteiger partial charge < -0.3 is 15.0 Å². The van der Waals surface area contributed by atoms with Crippen molar-refractivity contribution in [3.8, 4) is 0 Å². The summed E-state index contributed by atoms with van der Waals surface area (Å²) in [6, 6.07) is 7.41. The molecule has 1 aliphatic heterocycles. The Hall–Kier alpha value is -1.59. The lowest BCUT2D eigenvalue weighted by atomic mass is 9.91. The number of piperidine rings is 1. The first kappa shape index (κ1) is 17.8. The lowest BCUT2D eigenvalue weighted by molar-refractivity contribution is -0.135. The van der Waals surface area contributed by atoms with Crippen LogP contribution in [0.3, 0.4) is 0 Å². The van der Waals surface area contributed by atoms with Gasteiger partial charge in [-0.2, -0.15) is 0 Å². The molecule has 126 valence electrons. The molecule has 1 fully saturated rings. The molecule has 2 atom stereocenters. The van der Waals surface area contributed by atoms with Gasteiger partial charge in [0.15, 0.2) is 0 Å². The maximum absolute atomic E-state index is 12.2. The molecule has 0 bridgehead atoms. The van der Waals surface area contributed by atoms with Crippen LogP contribution in [0.25, 0.3) is 0 Å². The maximum atomic E-state index is 12.2. The second-order valence-electron chi connectivity index (χ2n) is 5.90. The quantitative estimate of drug-likeness (QED) is 0.895. The number of carbonyl (C=O) groups excluding carboxylic acids is 2. The van der Waals surface area contributed by atoms with E-state index in [0.29, 0.717) is 31.1 Å². The summed E-state index contributed by atoms with van der Waals surface area (Å²) in [7, 11) is 1.66. The average Bonchev–Trinajstić information content (AvgIpc) is 2.53. The molecule has 0 aromatic heterocycles. The molecule has 1 heterocycles. The number of nitrogens with zero attached hydrogens (tertiary/aromatic N) is 1. The molecule has 1 aromatic carbocycles. The van der Waals surface area contributed by atoms with Gasteiger partial charge in [-0.25, -0.2) is 0 Å². The third-order valence-electron chi connectivity index (χ3n) is 4.24. The number of rotatable bonds is 5. The highest BCUT2D eigenvalue weighted by atomic mass is 35.5. The predicted molar refractivity (Wildman–Crippen MR) is 89.1 cm³/mol. The Morgan fingerprint density at radius 3 is 2.87 bits per heavy atom. The first-order valence-electron chi connectivity index (χ1n) is 7.79. The van der Waals surface area contributed by atoms with Crippen LogP contribution in [0.15, 0.2) is 24.3 Å².